The Kier molecular flexibility index (Phi) is 8.33. The lowest BCUT2D eigenvalue weighted by Crippen LogP contribution is -2.40. The van der Waals surface area contributed by atoms with Gasteiger partial charge in [0.1, 0.15) is 5.75 Å². The number of hydrogen-bond donors (Lipinski definition) is 2. The maximum absolute atomic E-state index is 5.31. The topological polar surface area (TPSA) is 53.8 Å². The lowest BCUT2D eigenvalue weighted by atomic mass is 10.0. The van der Waals surface area contributed by atoms with Gasteiger partial charge in [0, 0.05) is 32.7 Å². The molecule has 1 aromatic rings. The highest BCUT2D eigenvalue weighted by molar-refractivity contribution is 5.71. The van der Waals surface area contributed by atoms with Crippen molar-refractivity contribution in [2.75, 3.05) is 51.6 Å². The zero-order valence-electron chi connectivity index (χ0n) is 15.0. The van der Waals surface area contributed by atoms with Crippen molar-refractivity contribution in [3.63, 3.8) is 0 Å². The summed E-state index contributed by atoms with van der Waals surface area (Å²) in [6, 6.07) is 6.84. The van der Waals surface area contributed by atoms with Crippen molar-refractivity contribution in [1.29, 1.82) is 0 Å². The number of hydrogen-bond acceptors (Lipinski definition) is 5. The van der Waals surface area contributed by atoms with Crippen LogP contribution in [-0.2, 0) is 0 Å². The molecule has 1 heterocycles. The Morgan fingerprint density at radius 1 is 1.43 bits per heavy atom. The normalized spacial score (nSPS) is 17.7. The van der Waals surface area contributed by atoms with E-state index in [1.165, 1.54) is 43.4 Å². The van der Waals surface area contributed by atoms with Crippen LogP contribution >= 0.6 is 0 Å². The van der Waals surface area contributed by atoms with Crippen LogP contribution < -0.4 is 20.7 Å². The number of methoxy groups -OCH3 is 1. The summed E-state index contributed by atoms with van der Waals surface area (Å²) in [4.78, 5) is 4.59. The minimum Gasteiger partial charge on any atom is -0.497 e. The molecule has 0 spiro atoms. The molecular formula is C18H32N4O. The molecule has 0 aromatic heterocycles. The molecule has 0 bridgehead atoms. The molecule has 1 atom stereocenters. The van der Waals surface area contributed by atoms with E-state index in [1.54, 1.807) is 7.11 Å². The van der Waals surface area contributed by atoms with E-state index in [-0.39, 0.29) is 0 Å². The second-order valence-electron chi connectivity index (χ2n) is 6.02. The molecule has 5 nitrogen and oxygen atoms in total. The van der Waals surface area contributed by atoms with Gasteiger partial charge in [0.15, 0.2) is 0 Å². The number of anilines is 2. The number of likely N-dealkylation sites (N-methyl/N-ethyl adjacent to an activating group) is 1. The van der Waals surface area contributed by atoms with Gasteiger partial charge in [0.2, 0.25) is 0 Å². The van der Waals surface area contributed by atoms with E-state index in [0.29, 0.717) is 6.04 Å². The first kappa shape index (κ1) is 19.2. The van der Waals surface area contributed by atoms with E-state index < -0.39 is 0 Å². The quantitative estimate of drug-likeness (QED) is 0.874. The number of nitrogens with zero attached hydrogens (tertiary/aromatic N) is 2. The van der Waals surface area contributed by atoms with E-state index in [0.717, 1.165) is 12.3 Å². The number of likely N-dealkylation sites (tertiary alicyclic amines) is 1. The van der Waals surface area contributed by atoms with Gasteiger partial charge in [0.25, 0.3) is 0 Å². The molecule has 3 N–H and O–H groups in total. The zero-order chi connectivity index (χ0) is 17.2. The van der Waals surface area contributed by atoms with Crippen LogP contribution in [0.3, 0.4) is 0 Å². The van der Waals surface area contributed by atoms with Gasteiger partial charge in [-0.05, 0) is 44.8 Å². The van der Waals surface area contributed by atoms with Gasteiger partial charge in [-0.2, -0.15) is 0 Å². The van der Waals surface area contributed by atoms with Gasteiger partial charge in [-0.25, -0.2) is 0 Å². The molecule has 130 valence electrons. The van der Waals surface area contributed by atoms with Gasteiger partial charge >= 0.3 is 0 Å². The molecule has 1 aromatic carbocycles. The molecule has 2 rings (SSSR count). The van der Waals surface area contributed by atoms with Crippen LogP contribution in [0.4, 0.5) is 11.4 Å². The van der Waals surface area contributed by atoms with Crippen molar-refractivity contribution in [3.05, 3.63) is 31.0 Å². The summed E-state index contributed by atoms with van der Waals surface area (Å²) in [7, 11) is 8.06. The minimum atomic E-state index is 0.640. The third-order valence-corrected chi connectivity index (χ3v) is 4.14. The van der Waals surface area contributed by atoms with Crippen molar-refractivity contribution in [3.8, 4) is 5.75 Å². The van der Waals surface area contributed by atoms with Gasteiger partial charge in [-0.1, -0.05) is 13.0 Å². The Morgan fingerprint density at radius 3 is 2.70 bits per heavy atom. The van der Waals surface area contributed by atoms with Gasteiger partial charge in [-0.15, -0.1) is 0 Å². The van der Waals surface area contributed by atoms with E-state index in [2.05, 4.69) is 60.7 Å². The molecule has 5 heteroatoms. The average molecular weight is 320 g/mol. The van der Waals surface area contributed by atoms with Crippen LogP contribution in [0.1, 0.15) is 19.3 Å². The summed E-state index contributed by atoms with van der Waals surface area (Å²) in [5.74, 6) is 0.897. The fraction of sp³-hybridized carbons (Fsp3) is 0.556. The van der Waals surface area contributed by atoms with Crippen molar-refractivity contribution >= 4 is 11.4 Å². The first-order chi connectivity index (χ1) is 11.0. The summed E-state index contributed by atoms with van der Waals surface area (Å²) in [6.45, 7) is 5.36. The number of nitrogens with two attached hydrogens (primary N) is 1. The molecule has 0 radical (unpaired) electrons. The highest BCUT2D eigenvalue weighted by atomic mass is 16.5. The van der Waals surface area contributed by atoms with Crippen LogP contribution in [0, 0.1) is 0 Å². The Hall–Kier alpha value is -1.88. The van der Waals surface area contributed by atoms with Crippen molar-refractivity contribution in [1.82, 2.24) is 4.90 Å². The predicted molar refractivity (Wildman–Crippen MR) is 100 cm³/mol. The van der Waals surface area contributed by atoms with Crippen molar-refractivity contribution in [2.24, 2.45) is 5.73 Å². The second kappa shape index (κ2) is 10.0. The smallest absolute Gasteiger partial charge is 0.121 e. The second-order valence-corrected chi connectivity index (χ2v) is 6.02. The Balaban J connectivity index is 0.000000816. The maximum Gasteiger partial charge on any atom is 0.121 e. The molecule has 1 saturated heterocycles. The Labute approximate surface area is 141 Å². The number of rotatable bonds is 5. The third-order valence-electron chi connectivity index (χ3n) is 4.14. The Bertz CT molecular complexity index is 476. The first-order valence-corrected chi connectivity index (χ1v) is 8.15. The van der Waals surface area contributed by atoms with Crippen molar-refractivity contribution in [2.45, 2.75) is 25.3 Å². The summed E-state index contributed by atoms with van der Waals surface area (Å²) < 4.78 is 5.31. The number of ether oxygens (including phenoxy) is 1. The average Bonchev–Trinajstić information content (AvgIpc) is 2.54. The lowest BCUT2D eigenvalue weighted by Gasteiger charge is -2.33. The first-order valence-electron chi connectivity index (χ1n) is 8.15. The predicted octanol–water partition coefficient (Wildman–Crippen LogP) is 2.75. The van der Waals surface area contributed by atoms with Crippen LogP contribution in [0.25, 0.3) is 0 Å². The minimum absolute atomic E-state index is 0.640. The summed E-state index contributed by atoms with van der Waals surface area (Å²) in [5.41, 5.74) is 6.96. The van der Waals surface area contributed by atoms with Crippen LogP contribution in [0.2, 0.25) is 0 Å². The molecule has 1 aliphatic heterocycles. The maximum atomic E-state index is 5.31. The molecule has 0 amide bonds. The standard InChI is InChI=1S/C16H27N3O.C2H5N/c1-18(2)16-11-14(20-4)8-9-15(16)17-12-13-7-5-6-10-19(13)3;1-2-3/h8-9,11,13,17H,5-7,10,12H2,1-4H3;2H,1,3H2. The number of nitrogens with one attached hydrogen (secondary N) is 1. The van der Waals surface area contributed by atoms with Crippen LogP contribution in [0.15, 0.2) is 31.0 Å². The Morgan fingerprint density at radius 2 is 2.13 bits per heavy atom. The van der Waals surface area contributed by atoms with Crippen LogP contribution in [-0.4, -0.2) is 52.3 Å². The van der Waals surface area contributed by atoms with Gasteiger partial charge in [-0.3, -0.25) is 0 Å². The summed E-state index contributed by atoms with van der Waals surface area (Å²) >= 11 is 0. The molecule has 1 aliphatic rings. The third kappa shape index (κ3) is 6.02. The molecular weight excluding hydrogens is 288 g/mol. The number of piperidine rings is 1. The lowest BCUT2D eigenvalue weighted by molar-refractivity contribution is 0.194. The van der Waals surface area contributed by atoms with Gasteiger partial charge < -0.3 is 25.6 Å². The van der Waals surface area contributed by atoms with Crippen LogP contribution in [0.5, 0.6) is 5.75 Å². The summed E-state index contributed by atoms with van der Waals surface area (Å²) in [5, 5.41) is 3.61. The molecule has 0 saturated carbocycles. The SMILES string of the molecule is C=CN.COc1ccc(NCC2CCCCN2C)c(N(C)C)c1. The molecule has 23 heavy (non-hydrogen) atoms. The zero-order valence-corrected chi connectivity index (χ0v) is 15.0. The van der Waals surface area contributed by atoms with E-state index in [1.807, 2.05) is 6.07 Å². The van der Waals surface area contributed by atoms with Crippen molar-refractivity contribution < 1.29 is 4.74 Å². The molecule has 0 aliphatic carbocycles. The molecule has 1 fully saturated rings. The molecule has 1 unspecified atom stereocenters. The van der Waals surface area contributed by atoms with E-state index in [4.69, 9.17) is 4.74 Å². The van der Waals surface area contributed by atoms with E-state index in [9.17, 15) is 0 Å². The fourth-order valence-electron chi connectivity index (χ4n) is 2.79. The monoisotopic (exact) mass is 320 g/mol. The number of benzene rings is 1. The van der Waals surface area contributed by atoms with E-state index >= 15 is 0 Å². The fourth-order valence-corrected chi connectivity index (χ4v) is 2.79. The largest absolute Gasteiger partial charge is 0.497 e. The van der Waals surface area contributed by atoms with Gasteiger partial charge in [0.05, 0.1) is 18.5 Å². The highest BCUT2D eigenvalue weighted by Gasteiger charge is 2.19. The summed E-state index contributed by atoms with van der Waals surface area (Å²) in [6.07, 6.45) is 5.22. The highest BCUT2D eigenvalue weighted by Crippen LogP contribution is 2.29.